The number of hydrogen-bond acceptors (Lipinski definition) is 4. The SMILES string of the molecule is c1ccc(C2=NC(c3ccc(-c4cc(-c5ccc(-c6ccccc6)cc5)c5cc(-c6ccc(-c7ccccc7)cc6)c6ccccc6c5n4)cc3)NC(c3ccccc3)=N2)cc1. The van der Waals surface area contributed by atoms with Crippen LogP contribution in [0.3, 0.4) is 0 Å². The Labute approximate surface area is 361 Å². The van der Waals surface area contributed by atoms with Gasteiger partial charge in [-0.15, -0.1) is 0 Å². The molecule has 1 unspecified atom stereocenters. The summed E-state index contributed by atoms with van der Waals surface area (Å²) in [6, 6.07) is 81.4. The fourth-order valence-electron chi connectivity index (χ4n) is 8.54. The predicted octanol–water partition coefficient (Wildman–Crippen LogP) is 14.2. The molecule has 1 atom stereocenters. The largest absolute Gasteiger partial charge is 0.344 e. The molecule has 0 saturated carbocycles. The number of benzene rings is 9. The van der Waals surface area contributed by atoms with Crippen LogP contribution in [0.1, 0.15) is 22.9 Å². The molecule has 292 valence electrons. The van der Waals surface area contributed by atoms with Crippen molar-refractivity contribution in [3.8, 4) is 55.8 Å². The van der Waals surface area contributed by atoms with Crippen LogP contribution in [-0.2, 0) is 0 Å². The van der Waals surface area contributed by atoms with E-state index in [1.807, 2.05) is 36.4 Å². The van der Waals surface area contributed by atoms with E-state index >= 15 is 0 Å². The molecule has 0 saturated heterocycles. The Morgan fingerprint density at radius 2 is 0.774 bits per heavy atom. The van der Waals surface area contributed by atoms with E-state index in [0.717, 1.165) is 61.2 Å². The third-order valence-electron chi connectivity index (χ3n) is 11.8. The molecule has 0 bridgehead atoms. The van der Waals surface area contributed by atoms with Crippen LogP contribution in [0.4, 0.5) is 0 Å². The molecule has 1 aliphatic rings. The number of rotatable bonds is 8. The van der Waals surface area contributed by atoms with Crippen LogP contribution in [0, 0.1) is 0 Å². The third-order valence-corrected chi connectivity index (χ3v) is 11.8. The van der Waals surface area contributed by atoms with Crippen molar-refractivity contribution in [3.05, 3.63) is 247 Å². The van der Waals surface area contributed by atoms with Gasteiger partial charge in [0.2, 0.25) is 0 Å². The summed E-state index contributed by atoms with van der Waals surface area (Å²) in [6.07, 6.45) is -0.320. The Morgan fingerprint density at radius 3 is 1.34 bits per heavy atom. The topological polar surface area (TPSA) is 49.6 Å². The van der Waals surface area contributed by atoms with Gasteiger partial charge in [-0.1, -0.05) is 218 Å². The van der Waals surface area contributed by atoms with E-state index in [1.165, 1.54) is 38.8 Å². The lowest BCUT2D eigenvalue weighted by molar-refractivity contribution is 0.674. The highest BCUT2D eigenvalue weighted by molar-refractivity contribution is 6.16. The summed E-state index contributed by atoms with van der Waals surface area (Å²) >= 11 is 0. The molecule has 1 aromatic heterocycles. The minimum absolute atomic E-state index is 0.320. The van der Waals surface area contributed by atoms with Crippen LogP contribution in [0.15, 0.2) is 241 Å². The number of aromatic nitrogens is 1. The second-order valence-electron chi connectivity index (χ2n) is 15.6. The molecule has 0 amide bonds. The van der Waals surface area contributed by atoms with E-state index < -0.39 is 0 Å². The summed E-state index contributed by atoms with van der Waals surface area (Å²) in [7, 11) is 0. The fraction of sp³-hybridized carbons (Fsp3) is 0.0172. The van der Waals surface area contributed by atoms with Crippen molar-refractivity contribution in [1.29, 1.82) is 0 Å². The van der Waals surface area contributed by atoms with Crippen LogP contribution in [0.5, 0.6) is 0 Å². The third kappa shape index (κ3) is 7.14. The van der Waals surface area contributed by atoms with Gasteiger partial charge in [0, 0.05) is 27.5 Å². The number of pyridine rings is 1. The monoisotopic (exact) mass is 792 g/mol. The molecule has 9 aromatic carbocycles. The maximum absolute atomic E-state index is 5.50. The molecular formula is C58H40N4. The quantitative estimate of drug-likeness (QED) is 0.156. The zero-order chi connectivity index (χ0) is 41.2. The van der Waals surface area contributed by atoms with Gasteiger partial charge >= 0.3 is 0 Å². The minimum atomic E-state index is -0.320. The molecule has 0 aliphatic carbocycles. The van der Waals surface area contributed by atoms with Gasteiger partial charge in [0.15, 0.2) is 5.84 Å². The maximum atomic E-state index is 5.50. The van der Waals surface area contributed by atoms with Crippen LogP contribution >= 0.6 is 0 Å². The van der Waals surface area contributed by atoms with E-state index in [9.17, 15) is 0 Å². The molecule has 0 radical (unpaired) electrons. The highest BCUT2D eigenvalue weighted by Gasteiger charge is 2.22. The molecule has 0 spiro atoms. The predicted molar refractivity (Wildman–Crippen MR) is 258 cm³/mol. The van der Waals surface area contributed by atoms with Gasteiger partial charge in [-0.2, -0.15) is 0 Å². The summed E-state index contributed by atoms with van der Waals surface area (Å²) < 4.78 is 0. The molecule has 0 fully saturated rings. The van der Waals surface area contributed by atoms with E-state index in [0.29, 0.717) is 5.84 Å². The van der Waals surface area contributed by atoms with Crippen molar-refractivity contribution in [1.82, 2.24) is 10.3 Å². The first kappa shape index (κ1) is 36.8. The summed E-state index contributed by atoms with van der Waals surface area (Å²) in [6.45, 7) is 0. The molecule has 4 nitrogen and oxygen atoms in total. The van der Waals surface area contributed by atoms with Crippen LogP contribution in [-0.4, -0.2) is 16.7 Å². The number of fused-ring (bicyclic) bond motifs is 3. The van der Waals surface area contributed by atoms with Crippen molar-refractivity contribution >= 4 is 33.3 Å². The Balaban J connectivity index is 1.03. The Kier molecular flexibility index (Phi) is 9.56. The van der Waals surface area contributed by atoms with Crippen molar-refractivity contribution < 1.29 is 0 Å². The average Bonchev–Trinajstić information content (AvgIpc) is 3.37. The standard InChI is InChI=1S/C58H40N4/c1-5-15-39(16-6-1)41-25-29-43(30-26-41)51-37-53-52(44-31-27-42(28-32-44)40-17-7-2-8-18-40)38-54(59-55(53)50-24-14-13-23-49(50)51)45-33-35-48(36-34-45)58-61-56(46-19-9-3-10-20-46)60-57(62-58)47-21-11-4-12-22-47/h1-38,58H,(H,60,61,62). The molecule has 1 N–H and O–H groups in total. The molecule has 4 heteroatoms. The van der Waals surface area contributed by atoms with Gasteiger partial charge < -0.3 is 5.32 Å². The Hall–Kier alpha value is -8.21. The maximum Gasteiger partial charge on any atom is 0.159 e. The van der Waals surface area contributed by atoms with Gasteiger partial charge in [0.25, 0.3) is 0 Å². The van der Waals surface area contributed by atoms with Crippen molar-refractivity contribution in [2.24, 2.45) is 9.98 Å². The van der Waals surface area contributed by atoms with E-state index in [4.69, 9.17) is 15.0 Å². The molecule has 10 aromatic rings. The summed E-state index contributed by atoms with van der Waals surface area (Å²) in [5, 5.41) is 7.02. The number of hydrogen-bond donors (Lipinski definition) is 1. The number of aliphatic imine (C=N–C) groups is 2. The second-order valence-corrected chi connectivity index (χ2v) is 15.6. The molecule has 1 aliphatic heterocycles. The Morgan fingerprint density at radius 1 is 0.339 bits per heavy atom. The first-order chi connectivity index (χ1) is 30.7. The molecule has 2 heterocycles. The zero-order valence-electron chi connectivity index (χ0n) is 33.9. The minimum Gasteiger partial charge on any atom is -0.344 e. The van der Waals surface area contributed by atoms with Crippen molar-refractivity contribution in [2.45, 2.75) is 6.17 Å². The number of amidine groups is 2. The summed E-state index contributed by atoms with van der Waals surface area (Å²) in [5.41, 5.74) is 15.4. The fourth-order valence-corrected chi connectivity index (χ4v) is 8.54. The van der Waals surface area contributed by atoms with Crippen LogP contribution < -0.4 is 5.32 Å². The molecule has 62 heavy (non-hydrogen) atoms. The number of nitrogens with zero attached hydrogens (tertiary/aromatic N) is 3. The first-order valence-corrected chi connectivity index (χ1v) is 21.0. The first-order valence-electron chi connectivity index (χ1n) is 21.0. The highest BCUT2D eigenvalue weighted by Crippen LogP contribution is 2.41. The van der Waals surface area contributed by atoms with Gasteiger partial charge in [0.05, 0.1) is 11.2 Å². The molecular weight excluding hydrogens is 753 g/mol. The zero-order valence-corrected chi connectivity index (χ0v) is 33.9. The number of nitrogens with one attached hydrogen (secondary N) is 1. The van der Waals surface area contributed by atoms with Crippen LogP contribution in [0.2, 0.25) is 0 Å². The average molecular weight is 793 g/mol. The van der Waals surface area contributed by atoms with E-state index in [-0.39, 0.29) is 6.17 Å². The summed E-state index contributed by atoms with van der Waals surface area (Å²) in [5.74, 6) is 1.50. The lowest BCUT2D eigenvalue weighted by Crippen LogP contribution is -2.33. The van der Waals surface area contributed by atoms with Gasteiger partial charge in [-0.25, -0.2) is 15.0 Å². The normalized spacial score (nSPS) is 13.6. The van der Waals surface area contributed by atoms with Crippen molar-refractivity contribution in [2.75, 3.05) is 0 Å². The summed E-state index contributed by atoms with van der Waals surface area (Å²) in [4.78, 5) is 15.6. The smallest absolute Gasteiger partial charge is 0.159 e. The lowest BCUT2D eigenvalue weighted by atomic mass is 9.90. The lowest BCUT2D eigenvalue weighted by Gasteiger charge is -2.24. The van der Waals surface area contributed by atoms with Crippen molar-refractivity contribution in [3.63, 3.8) is 0 Å². The van der Waals surface area contributed by atoms with Gasteiger partial charge in [-0.3, -0.25) is 0 Å². The Bertz CT molecular complexity index is 3250. The van der Waals surface area contributed by atoms with Gasteiger partial charge in [-0.05, 0) is 67.6 Å². The van der Waals surface area contributed by atoms with E-state index in [1.54, 1.807) is 0 Å². The van der Waals surface area contributed by atoms with E-state index in [2.05, 4.69) is 199 Å². The van der Waals surface area contributed by atoms with Crippen LogP contribution in [0.25, 0.3) is 77.4 Å². The van der Waals surface area contributed by atoms with Gasteiger partial charge in [0.1, 0.15) is 12.0 Å². The molecule has 11 rings (SSSR count). The second kappa shape index (κ2) is 16.1. The highest BCUT2D eigenvalue weighted by atomic mass is 15.2.